The zero-order chi connectivity index (χ0) is 62.8. The predicted octanol–water partition coefficient (Wildman–Crippen LogP) is 26.7. The van der Waals surface area contributed by atoms with Crippen molar-refractivity contribution in [2.45, 2.75) is 482 Å². The number of unbranched alkanes of at least 4 members (excludes halogenated alkanes) is 66. The highest BCUT2D eigenvalue weighted by Crippen LogP contribution is 2.20. The van der Waals surface area contributed by atoms with Gasteiger partial charge in [-0.1, -0.05) is 437 Å². The molecule has 0 aromatic carbocycles. The Balaban J connectivity index is 3.31. The largest absolute Gasteiger partial charge is 0.466 e. The summed E-state index contributed by atoms with van der Waals surface area (Å²) < 4.78 is 5.52. The van der Waals surface area contributed by atoms with Crippen molar-refractivity contribution in [3.05, 3.63) is 12.2 Å². The Morgan fingerprint density at radius 2 is 0.529 bits per heavy atom. The van der Waals surface area contributed by atoms with Gasteiger partial charge in [0.1, 0.15) is 0 Å². The Hall–Kier alpha value is -1.40. The number of hydrogen-bond donors (Lipinski definition) is 3. The highest BCUT2D eigenvalue weighted by molar-refractivity contribution is 5.76. The molecule has 1 amide bonds. The van der Waals surface area contributed by atoms with Gasteiger partial charge in [0.2, 0.25) is 5.91 Å². The van der Waals surface area contributed by atoms with Crippen LogP contribution >= 0.6 is 0 Å². The molecule has 0 aliphatic rings. The van der Waals surface area contributed by atoms with Gasteiger partial charge in [-0.25, -0.2) is 0 Å². The molecule has 6 nitrogen and oxygen atoms in total. The van der Waals surface area contributed by atoms with Crippen LogP contribution in [-0.4, -0.2) is 47.4 Å². The van der Waals surface area contributed by atoms with E-state index in [2.05, 4.69) is 19.2 Å². The number of aliphatic hydroxyl groups excluding tert-OH is 2. The van der Waals surface area contributed by atoms with Crippen LogP contribution in [-0.2, 0) is 14.3 Å². The molecule has 6 heteroatoms. The van der Waals surface area contributed by atoms with E-state index in [0.717, 1.165) is 38.5 Å². The number of amides is 1. The fourth-order valence-electron chi connectivity index (χ4n) is 13.2. The van der Waals surface area contributed by atoms with E-state index in [1.807, 2.05) is 6.08 Å². The van der Waals surface area contributed by atoms with E-state index in [9.17, 15) is 19.8 Å². The fraction of sp³-hybridized carbons (Fsp3) is 0.951. The fourth-order valence-corrected chi connectivity index (χ4v) is 13.2. The molecule has 0 aliphatic carbocycles. The average molecular weight is 1230 g/mol. The maximum absolute atomic E-state index is 12.5. The van der Waals surface area contributed by atoms with Gasteiger partial charge in [-0.2, -0.15) is 0 Å². The van der Waals surface area contributed by atoms with Crippen molar-refractivity contribution < 1.29 is 24.5 Å². The van der Waals surface area contributed by atoms with Crippen LogP contribution in [0.5, 0.6) is 0 Å². The summed E-state index contributed by atoms with van der Waals surface area (Å²) in [7, 11) is 0. The Morgan fingerprint density at radius 1 is 0.310 bits per heavy atom. The maximum Gasteiger partial charge on any atom is 0.305 e. The second-order valence-corrected chi connectivity index (χ2v) is 28.1. The summed E-state index contributed by atoms with van der Waals surface area (Å²) in [6.45, 7) is 4.97. The summed E-state index contributed by atoms with van der Waals surface area (Å²) in [6.07, 6.45) is 97.8. The van der Waals surface area contributed by atoms with Crippen LogP contribution in [0.2, 0.25) is 0 Å². The van der Waals surface area contributed by atoms with Gasteiger partial charge < -0.3 is 20.3 Å². The molecule has 0 heterocycles. The molecule has 0 saturated carbocycles. The Kier molecular flexibility index (Phi) is 75.8. The number of rotatable bonds is 77. The van der Waals surface area contributed by atoms with E-state index in [1.54, 1.807) is 6.08 Å². The lowest BCUT2D eigenvalue weighted by Crippen LogP contribution is -2.45. The minimum Gasteiger partial charge on any atom is -0.466 e. The molecule has 0 radical (unpaired) electrons. The topological polar surface area (TPSA) is 95.9 Å². The number of nitrogens with one attached hydrogen (secondary N) is 1. The lowest BCUT2D eigenvalue weighted by atomic mass is 10.0. The first-order chi connectivity index (χ1) is 43.0. The number of carbonyl (C=O) groups excluding carboxylic acids is 2. The minimum absolute atomic E-state index is 0.0276. The van der Waals surface area contributed by atoms with Crippen molar-refractivity contribution in [3.63, 3.8) is 0 Å². The summed E-state index contributed by atoms with van der Waals surface area (Å²) in [5.41, 5.74) is 0. The van der Waals surface area contributed by atoms with E-state index in [-0.39, 0.29) is 18.5 Å². The van der Waals surface area contributed by atoms with Gasteiger partial charge in [0, 0.05) is 12.8 Å². The lowest BCUT2D eigenvalue weighted by Gasteiger charge is -2.20. The number of hydrogen-bond acceptors (Lipinski definition) is 5. The van der Waals surface area contributed by atoms with Crippen molar-refractivity contribution >= 4 is 11.9 Å². The van der Waals surface area contributed by atoms with Crippen LogP contribution < -0.4 is 5.32 Å². The van der Waals surface area contributed by atoms with Crippen LogP contribution in [0, 0.1) is 0 Å². The Labute approximate surface area is 546 Å². The second-order valence-electron chi connectivity index (χ2n) is 28.1. The molecule has 2 atom stereocenters. The van der Waals surface area contributed by atoms with Gasteiger partial charge in [0.15, 0.2) is 0 Å². The molecule has 87 heavy (non-hydrogen) atoms. The van der Waals surface area contributed by atoms with E-state index in [4.69, 9.17) is 4.74 Å². The molecular weight excluding hydrogens is 1070 g/mol. The average Bonchev–Trinajstić information content (AvgIpc) is 3.52. The molecule has 0 aromatic heterocycles. The Morgan fingerprint density at radius 3 is 0.782 bits per heavy atom. The van der Waals surface area contributed by atoms with Crippen molar-refractivity contribution in [2.75, 3.05) is 13.2 Å². The summed E-state index contributed by atoms with van der Waals surface area (Å²) in [6, 6.07) is -0.624. The zero-order valence-corrected chi connectivity index (χ0v) is 59.5. The predicted molar refractivity (Wildman–Crippen MR) is 384 cm³/mol. The standard InChI is InChI=1S/C81H159NO5/c1-3-5-7-9-11-13-15-17-19-21-38-43-47-51-55-59-63-67-71-75-81(86)87-76-72-68-64-60-56-52-48-44-40-37-35-33-31-29-27-25-23-24-26-28-30-32-34-36-39-42-46-50-54-58-62-66-70-74-80(85)82-78(77-83)79(84)73-69-65-61-57-53-49-45-41-22-20-18-16-14-12-10-8-6-4-2/h69,73,78-79,83-84H,3-68,70-72,74-77H2,1-2H3,(H,82,85)/b73-69+. The zero-order valence-electron chi connectivity index (χ0n) is 59.5. The third kappa shape index (κ3) is 73.5. The van der Waals surface area contributed by atoms with E-state index < -0.39 is 12.1 Å². The summed E-state index contributed by atoms with van der Waals surface area (Å²) in [5, 5.41) is 23.2. The first-order valence-electron chi connectivity index (χ1n) is 40.5. The van der Waals surface area contributed by atoms with Crippen LogP contribution in [0.4, 0.5) is 0 Å². The molecule has 0 spiro atoms. The van der Waals surface area contributed by atoms with Crippen LogP contribution in [0.25, 0.3) is 0 Å². The third-order valence-corrected chi connectivity index (χ3v) is 19.3. The molecule has 3 N–H and O–H groups in total. The van der Waals surface area contributed by atoms with Crippen LogP contribution in [0.15, 0.2) is 12.2 Å². The van der Waals surface area contributed by atoms with Gasteiger partial charge in [-0.3, -0.25) is 9.59 Å². The number of ether oxygens (including phenoxy) is 1. The number of carbonyl (C=O) groups is 2. The minimum atomic E-state index is -0.841. The summed E-state index contributed by atoms with van der Waals surface area (Å²) >= 11 is 0. The molecule has 0 aliphatic heterocycles. The number of esters is 1. The smallest absolute Gasteiger partial charge is 0.305 e. The summed E-state index contributed by atoms with van der Waals surface area (Å²) in [5.74, 6) is -0.0310. The van der Waals surface area contributed by atoms with Crippen molar-refractivity contribution in [1.82, 2.24) is 5.32 Å². The second kappa shape index (κ2) is 77.1. The monoisotopic (exact) mass is 1230 g/mol. The van der Waals surface area contributed by atoms with Crippen molar-refractivity contribution in [2.24, 2.45) is 0 Å². The van der Waals surface area contributed by atoms with Gasteiger partial charge in [-0.05, 0) is 32.1 Å². The highest BCUT2D eigenvalue weighted by atomic mass is 16.5. The molecule has 0 bridgehead atoms. The van der Waals surface area contributed by atoms with Gasteiger partial charge >= 0.3 is 5.97 Å². The lowest BCUT2D eigenvalue weighted by molar-refractivity contribution is -0.143. The van der Waals surface area contributed by atoms with Gasteiger partial charge in [-0.15, -0.1) is 0 Å². The van der Waals surface area contributed by atoms with Crippen LogP contribution in [0.1, 0.15) is 470 Å². The van der Waals surface area contributed by atoms with E-state index in [1.165, 1.54) is 405 Å². The SMILES string of the molecule is CCCCCCCCCCCCCCCCCC/C=C/C(O)C(CO)NC(=O)CCCCCCCCCCCCCCCCCCCCCCCCCCCCCCCCCCCOC(=O)CCCCCCCCCCCCCCCCCCCCC. The van der Waals surface area contributed by atoms with Crippen molar-refractivity contribution in [1.29, 1.82) is 0 Å². The molecule has 0 aromatic rings. The van der Waals surface area contributed by atoms with Gasteiger partial charge in [0.25, 0.3) is 0 Å². The molecular formula is C81H159NO5. The molecule has 0 rings (SSSR count). The maximum atomic E-state index is 12.5. The van der Waals surface area contributed by atoms with E-state index in [0.29, 0.717) is 19.4 Å². The van der Waals surface area contributed by atoms with Crippen molar-refractivity contribution in [3.8, 4) is 0 Å². The third-order valence-electron chi connectivity index (χ3n) is 19.3. The molecule has 0 fully saturated rings. The first-order valence-corrected chi connectivity index (χ1v) is 40.5. The highest BCUT2D eigenvalue weighted by Gasteiger charge is 2.18. The quantitative estimate of drug-likeness (QED) is 0.0320. The Bertz CT molecular complexity index is 1320. The van der Waals surface area contributed by atoms with Crippen LogP contribution in [0.3, 0.4) is 0 Å². The normalized spacial score (nSPS) is 12.5. The molecule has 0 saturated heterocycles. The number of allylic oxidation sites excluding steroid dienone is 1. The molecule has 2 unspecified atom stereocenters. The summed E-state index contributed by atoms with van der Waals surface area (Å²) in [4.78, 5) is 24.7. The van der Waals surface area contributed by atoms with Gasteiger partial charge in [0.05, 0.1) is 25.4 Å². The first kappa shape index (κ1) is 85.6. The molecule has 518 valence electrons. The van der Waals surface area contributed by atoms with E-state index >= 15 is 0 Å². The number of aliphatic hydroxyl groups is 2.